The minimum absolute atomic E-state index is 0.0799. The molecule has 8 nitrogen and oxygen atoms in total. The molecular weight excluding hydrogens is 454 g/mol. The topological polar surface area (TPSA) is 104 Å². The average molecular weight is 482 g/mol. The van der Waals surface area contributed by atoms with Crippen LogP contribution in [0.3, 0.4) is 0 Å². The number of aliphatic hydroxyl groups is 1. The highest BCUT2D eigenvalue weighted by Crippen LogP contribution is 2.58. The number of benzene rings is 1. The monoisotopic (exact) mass is 481 g/mol. The Kier molecular flexibility index (Phi) is 4.70. The van der Waals surface area contributed by atoms with Crippen LogP contribution in [0.15, 0.2) is 42.6 Å². The second kappa shape index (κ2) is 7.86. The second-order valence-corrected chi connectivity index (χ2v) is 10.2. The van der Waals surface area contributed by atoms with Crippen LogP contribution in [0, 0.1) is 5.92 Å². The molecule has 3 aliphatic rings. The highest BCUT2D eigenvalue weighted by Gasteiger charge is 2.62. The van der Waals surface area contributed by atoms with Crippen molar-refractivity contribution in [2.45, 2.75) is 31.1 Å². The molecule has 1 amide bonds. The number of H-pyrrole nitrogens is 1. The molecule has 0 radical (unpaired) electrons. The number of fused-ring (bicyclic) bond motifs is 3. The van der Waals surface area contributed by atoms with Crippen LogP contribution < -0.4 is 4.74 Å². The number of carbonyl (C=O) groups excluding carboxylic acids is 1. The molecule has 0 spiro atoms. The Balaban J connectivity index is 1.25. The van der Waals surface area contributed by atoms with Gasteiger partial charge in [0, 0.05) is 47.6 Å². The van der Waals surface area contributed by atoms with Crippen molar-refractivity contribution in [1.82, 2.24) is 25.1 Å². The van der Waals surface area contributed by atoms with Gasteiger partial charge < -0.3 is 14.7 Å². The Hall–Kier alpha value is -3.78. The lowest BCUT2D eigenvalue weighted by Crippen LogP contribution is -2.34. The van der Waals surface area contributed by atoms with Gasteiger partial charge in [-0.25, -0.2) is 4.98 Å². The number of rotatable bonds is 5. The number of ether oxygens (including phenoxy) is 1. The first-order valence-electron chi connectivity index (χ1n) is 12.5. The van der Waals surface area contributed by atoms with Gasteiger partial charge in [-0.15, -0.1) is 0 Å². The van der Waals surface area contributed by atoms with E-state index in [0.717, 1.165) is 64.3 Å². The third-order valence-corrected chi connectivity index (χ3v) is 8.30. The summed E-state index contributed by atoms with van der Waals surface area (Å²) >= 11 is 0. The molecule has 2 atom stereocenters. The van der Waals surface area contributed by atoms with Crippen LogP contribution in [0.1, 0.15) is 29.7 Å². The van der Waals surface area contributed by atoms with Gasteiger partial charge >= 0.3 is 0 Å². The van der Waals surface area contributed by atoms with E-state index >= 15 is 0 Å². The molecule has 2 aliphatic carbocycles. The molecule has 0 bridgehead atoms. The first-order valence-corrected chi connectivity index (χ1v) is 12.5. The largest absolute Gasteiger partial charge is 0.494 e. The Morgan fingerprint density at radius 3 is 2.97 bits per heavy atom. The number of aryl methyl sites for hydroxylation is 1. The smallest absolute Gasteiger partial charge is 0.248 e. The summed E-state index contributed by atoms with van der Waals surface area (Å²) in [6.07, 6.45) is 6.22. The molecule has 1 saturated carbocycles. The Morgan fingerprint density at radius 1 is 1.25 bits per heavy atom. The molecule has 1 saturated heterocycles. The molecule has 182 valence electrons. The molecule has 4 aromatic rings. The van der Waals surface area contributed by atoms with E-state index in [4.69, 9.17) is 14.7 Å². The number of piperidine rings is 1. The van der Waals surface area contributed by atoms with Gasteiger partial charge in [-0.3, -0.25) is 14.9 Å². The van der Waals surface area contributed by atoms with Gasteiger partial charge in [-0.1, -0.05) is 18.2 Å². The van der Waals surface area contributed by atoms with Gasteiger partial charge in [0.15, 0.2) is 0 Å². The molecule has 36 heavy (non-hydrogen) atoms. The minimum atomic E-state index is -0.438. The van der Waals surface area contributed by atoms with E-state index in [2.05, 4.69) is 34.5 Å². The van der Waals surface area contributed by atoms with Crippen LogP contribution in [0.5, 0.6) is 5.75 Å². The summed E-state index contributed by atoms with van der Waals surface area (Å²) in [5, 5.41) is 16.9. The predicted octanol–water partition coefficient (Wildman–Crippen LogP) is 3.28. The summed E-state index contributed by atoms with van der Waals surface area (Å²) < 4.78 is 5.74. The van der Waals surface area contributed by atoms with E-state index < -0.39 is 6.61 Å². The third kappa shape index (κ3) is 3.10. The van der Waals surface area contributed by atoms with Crippen LogP contribution >= 0.6 is 0 Å². The molecule has 8 heteroatoms. The molecule has 1 aliphatic heterocycles. The standard InChI is InChI=1S/C28H27N5O3/c1-36-22-10-21-27(30-26(22)20-7-3-5-16-4-2-6-19(16)20)25(32-31-21)17-8-9-23(29-12-17)28-11-18(28)13-33(15-28)24(35)14-34/h3,5,7-10,12,18,34H,2,4,6,11,13-15H2,1H3,(H,31,32)/t18?,28-/m0/s1. The number of aromatic nitrogens is 4. The van der Waals surface area contributed by atoms with Crippen molar-refractivity contribution in [2.75, 3.05) is 26.8 Å². The Bertz CT molecular complexity index is 1510. The van der Waals surface area contributed by atoms with Crippen LogP contribution in [0.25, 0.3) is 33.5 Å². The molecule has 2 N–H and O–H groups in total. The summed E-state index contributed by atoms with van der Waals surface area (Å²) in [5.41, 5.74) is 8.91. The van der Waals surface area contributed by atoms with E-state index in [1.54, 1.807) is 12.0 Å². The maximum atomic E-state index is 12.0. The highest BCUT2D eigenvalue weighted by molar-refractivity contribution is 5.93. The molecule has 4 heterocycles. The van der Waals surface area contributed by atoms with Crippen LogP contribution in [0.2, 0.25) is 0 Å². The maximum Gasteiger partial charge on any atom is 0.248 e. The molecule has 7 rings (SSSR count). The van der Waals surface area contributed by atoms with Crippen molar-refractivity contribution < 1.29 is 14.6 Å². The maximum absolute atomic E-state index is 12.0. The van der Waals surface area contributed by atoms with Crippen molar-refractivity contribution in [1.29, 1.82) is 0 Å². The summed E-state index contributed by atoms with van der Waals surface area (Å²) in [6.45, 7) is 0.887. The fourth-order valence-electron chi connectivity index (χ4n) is 6.32. The summed E-state index contributed by atoms with van der Waals surface area (Å²) in [7, 11) is 1.68. The molecular formula is C28H27N5O3. The zero-order valence-corrected chi connectivity index (χ0v) is 20.1. The predicted molar refractivity (Wildman–Crippen MR) is 135 cm³/mol. The molecule has 2 fully saturated rings. The number of pyridine rings is 2. The van der Waals surface area contributed by atoms with Gasteiger partial charge in [0.1, 0.15) is 29.3 Å². The number of likely N-dealkylation sites (tertiary alicyclic amines) is 1. The van der Waals surface area contributed by atoms with E-state index in [9.17, 15) is 9.90 Å². The summed E-state index contributed by atoms with van der Waals surface area (Å²) in [6, 6.07) is 12.5. The molecule has 3 aromatic heterocycles. The number of carbonyl (C=O) groups is 1. The van der Waals surface area contributed by atoms with Gasteiger partial charge in [0.05, 0.1) is 12.6 Å². The summed E-state index contributed by atoms with van der Waals surface area (Å²) in [4.78, 5) is 23.6. The Morgan fingerprint density at radius 2 is 2.17 bits per heavy atom. The van der Waals surface area contributed by atoms with Crippen molar-refractivity contribution in [3.8, 4) is 28.3 Å². The number of methoxy groups -OCH3 is 1. The minimum Gasteiger partial charge on any atom is -0.494 e. The zero-order chi connectivity index (χ0) is 24.4. The number of amides is 1. The number of aliphatic hydroxyl groups excluding tert-OH is 1. The van der Waals surface area contributed by atoms with Crippen molar-refractivity contribution in [3.05, 3.63) is 59.4 Å². The number of hydrogen-bond donors (Lipinski definition) is 2. The number of nitrogens with zero attached hydrogens (tertiary/aromatic N) is 4. The normalized spacial score (nSPS) is 22.1. The quantitative estimate of drug-likeness (QED) is 0.453. The lowest BCUT2D eigenvalue weighted by molar-refractivity contribution is -0.133. The zero-order valence-electron chi connectivity index (χ0n) is 20.1. The second-order valence-electron chi connectivity index (χ2n) is 10.2. The van der Waals surface area contributed by atoms with Crippen molar-refractivity contribution >= 4 is 16.9 Å². The third-order valence-electron chi connectivity index (χ3n) is 8.30. The highest BCUT2D eigenvalue weighted by atomic mass is 16.5. The fraction of sp³-hybridized carbons (Fsp3) is 0.357. The first-order chi connectivity index (χ1) is 17.6. The van der Waals surface area contributed by atoms with Gasteiger partial charge in [0.2, 0.25) is 5.91 Å². The number of nitrogens with one attached hydrogen (secondary N) is 1. The van der Waals surface area contributed by atoms with E-state index in [1.807, 2.05) is 18.3 Å². The number of hydrogen-bond acceptors (Lipinski definition) is 6. The summed E-state index contributed by atoms with van der Waals surface area (Å²) in [5.74, 6) is 0.943. The van der Waals surface area contributed by atoms with E-state index in [1.165, 1.54) is 17.5 Å². The van der Waals surface area contributed by atoms with Crippen molar-refractivity contribution in [2.24, 2.45) is 5.92 Å². The van der Waals surface area contributed by atoms with Gasteiger partial charge in [-0.2, -0.15) is 5.10 Å². The van der Waals surface area contributed by atoms with Gasteiger partial charge in [-0.05, 0) is 54.9 Å². The van der Waals surface area contributed by atoms with Gasteiger partial charge in [0.25, 0.3) is 0 Å². The van der Waals surface area contributed by atoms with E-state index in [0.29, 0.717) is 19.0 Å². The van der Waals surface area contributed by atoms with Crippen LogP contribution in [-0.2, 0) is 23.1 Å². The average Bonchev–Trinajstić information content (AvgIpc) is 3.31. The Labute approximate surface area is 208 Å². The molecule has 1 unspecified atom stereocenters. The van der Waals surface area contributed by atoms with Crippen LogP contribution in [-0.4, -0.2) is 62.9 Å². The number of aromatic amines is 1. The fourth-order valence-corrected chi connectivity index (χ4v) is 6.32. The molecule has 1 aromatic carbocycles. The lowest BCUT2D eigenvalue weighted by atomic mass is 9.99. The SMILES string of the molecule is COc1cc2[nH]nc(-c3ccc([C@]45CC4CN(C(=O)CO)C5)nc3)c2nc1-c1cccc2c1CCC2. The first kappa shape index (κ1) is 21.5. The van der Waals surface area contributed by atoms with E-state index in [-0.39, 0.29) is 11.3 Å². The lowest BCUT2D eigenvalue weighted by Gasteiger charge is -2.20. The van der Waals surface area contributed by atoms with Crippen LogP contribution in [0.4, 0.5) is 0 Å². The van der Waals surface area contributed by atoms with Crippen molar-refractivity contribution in [3.63, 3.8) is 0 Å².